The molecule has 3 nitrogen and oxygen atoms in total. The summed E-state index contributed by atoms with van der Waals surface area (Å²) in [6.07, 6.45) is 1.12. The number of carbonyl (C=O) groups is 1. The second-order valence-electron chi connectivity index (χ2n) is 3.57. The van der Waals surface area contributed by atoms with E-state index in [2.05, 4.69) is 4.84 Å². The van der Waals surface area contributed by atoms with Crippen molar-refractivity contribution in [3.8, 4) is 0 Å². The number of hydrogen-bond donors (Lipinski definition) is 1. The molecule has 0 saturated heterocycles. The first-order chi connectivity index (χ1) is 5.45. The van der Waals surface area contributed by atoms with E-state index in [1.807, 2.05) is 20.8 Å². The zero-order valence-electron chi connectivity index (χ0n) is 7.82. The highest BCUT2D eigenvalue weighted by Gasteiger charge is 2.15. The minimum Gasteiger partial charge on any atom is -0.460 e. The Morgan fingerprint density at radius 1 is 1.50 bits per heavy atom. The van der Waals surface area contributed by atoms with E-state index in [0.717, 1.165) is 0 Å². The third kappa shape index (κ3) is 7.82. The van der Waals surface area contributed by atoms with Crippen LogP contribution in [0.25, 0.3) is 0 Å². The maximum Gasteiger partial charge on any atom is 0.306 e. The van der Waals surface area contributed by atoms with E-state index in [-0.39, 0.29) is 11.6 Å². The lowest BCUT2D eigenvalue weighted by molar-refractivity contribution is -0.154. The topological polar surface area (TPSA) is 38.3 Å². The van der Waals surface area contributed by atoms with Crippen LogP contribution in [0.4, 0.5) is 0 Å². The fourth-order valence-corrected chi connectivity index (χ4v) is 0.826. The average molecular weight is 194 g/mol. The lowest BCUT2D eigenvalue weighted by Gasteiger charge is -2.19. The van der Waals surface area contributed by atoms with Crippen LogP contribution in [0.5, 0.6) is 0 Å². The molecule has 72 valence electrons. The second kappa shape index (κ2) is 5.38. The Morgan fingerprint density at radius 2 is 2.08 bits per heavy atom. The summed E-state index contributed by atoms with van der Waals surface area (Å²) < 4.78 is 5.07. The van der Waals surface area contributed by atoms with Gasteiger partial charge in [-0.15, -0.1) is 0 Å². The highest BCUT2D eigenvalue weighted by Crippen LogP contribution is 2.08. The molecule has 0 aromatic carbocycles. The van der Waals surface area contributed by atoms with E-state index in [1.54, 1.807) is 0 Å². The van der Waals surface area contributed by atoms with E-state index in [9.17, 15) is 4.79 Å². The molecule has 12 heavy (non-hydrogen) atoms. The summed E-state index contributed by atoms with van der Waals surface area (Å²) in [6.45, 7) is 6.18. The van der Waals surface area contributed by atoms with Crippen LogP contribution in [0, 0.1) is 0 Å². The van der Waals surface area contributed by atoms with Crippen molar-refractivity contribution in [3.63, 3.8) is 0 Å². The van der Waals surface area contributed by atoms with Crippen LogP contribution in [0.15, 0.2) is 0 Å². The van der Waals surface area contributed by atoms with Crippen molar-refractivity contribution in [2.75, 3.05) is 6.54 Å². The van der Waals surface area contributed by atoms with Crippen molar-refractivity contribution < 1.29 is 9.53 Å². The Kier molecular flexibility index (Phi) is 5.25. The van der Waals surface area contributed by atoms with E-state index < -0.39 is 0 Å². The standard InChI is InChI=1S/C8H16ClNO2/c1-8(2,3)12-7(11)5-4-6-10-9/h10H,4-6H2,1-3H3. The smallest absolute Gasteiger partial charge is 0.306 e. The molecular weight excluding hydrogens is 178 g/mol. The van der Waals surface area contributed by atoms with Crippen LogP contribution in [0.3, 0.4) is 0 Å². The molecule has 0 saturated carbocycles. The molecule has 0 aliphatic heterocycles. The number of carbonyl (C=O) groups excluding carboxylic acids is 1. The van der Waals surface area contributed by atoms with Crippen molar-refractivity contribution in [1.29, 1.82) is 0 Å². The quantitative estimate of drug-likeness (QED) is 0.421. The summed E-state index contributed by atoms with van der Waals surface area (Å²) in [4.78, 5) is 13.5. The van der Waals surface area contributed by atoms with Crippen LogP contribution < -0.4 is 4.84 Å². The lowest BCUT2D eigenvalue weighted by atomic mass is 10.2. The molecule has 0 heterocycles. The zero-order valence-corrected chi connectivity index (χ0v) is 8.57. The second-order valence-corrected chi connectivity index (χ2v) is 3.84. The van der Waals surface area contributed by atoms with Crippen LogP contribution in [-0.2, 0) is 9.53 Å². The Hall–Kier alpha value is -0.280. The van der Waals surface area contributed by atoms with Gasteiger partial charge in [-0.25, -0.2) is 4.84 Å². The van der Waals surface area contributed by atoms with Gasteiger partial charge in [0, 0.05) is 13.0 Å². The van der Waals surface area contributed by atoms with E-state index >= 15 is 0 Å². The third-order valence-electron chi connectivity index (χ3n) is 1.07. The summed E-state index contributed by atoms with van der Waals surface area (Å²) in [7, 11) is 0. The minimum atomic E-state index is -0.383. The fourth-order valence-electron chi connectivity index (χ4n) is 0.692. The predicted molar refractivity (Wildman–Crippen MR) is 48.9 cm³/mol. The number of halogens is 1. The monoisotopic (exact) mass is 193 g/mol. The summed E-state index contributed by atoms with van der Waals surface area (Å²) in [5, 5.41) is 0. The maximum atomic E-state index is 11.0. The van der Waals surface area contributed by atoms with Crippen molar-refractivity contribution in [2.45, 2.75) is 39.2 Å². The van der Waals surface area contributed by atoms with E-state index in [1.165, 1.54) is 0 Å². The van der Waals surface area contributed by atoms with Crippen molar-refractivity contribution >= 4 is 17.7 Å². The van der Waals surface area contributed by atoms with Gasteiger partial charge in [0.15, 0.2) is 0 Å². The summed E-state index contributed by atoms with van der Waals surface area (Å²) in [5.41, 5.74) is -0.383. The van der Waals surface area contributed by atoms with Gasteiger partial charge in [0.1, 0.15) is 5.60 Å². The van der Waals surface area contributed by atoms with Gasteiger partial charge in [-0.05, 0) is 39.0 Å². The summed E-state index contributed by atoms with van der Waals surface area (Å²) in [6, 6.07) is 0. The van der Waals surface area contributed by atoms with Crippen LogP contribution >= 0.6 is 11.8 Å². The Labute approximate surface area is 78.5 Å². The lowest BCUT2D eigenvalue weighted by Crippen LogP contribution is -2.24. The highest BCUT2D eigenvalue weighted by molar-refractivity contribution is 6.13. The summed E-state index contributed by atoms with van der Waals surface area (Å²) in [5.74, 6) is -0.172. The van der Waals surface area contributed by atoms with Gasteiger partial charge in [-0.3, -0.25) is 4.79 Å². The first kappa shape index (κ1) is 11.7. The third-order valence-corrected chi connectivity index (χ3v) is 1.26. The van der Waals surface area contributed by atoms with Gasteiger partial charge in [-0.2, -0.15) is 0 Å². The van der Waals surface area contributed by atoms with E-state index in [4.69, 9.17) is 16.5 Å². The van der Waals surface area contributed by atoms with Crippen LogP contribution in [0.1, 0.15) is 33.6 Å². The molecule has 0 bridgehead atoms. The van der Waals surface area contributed by atoms with Crippen molar-refractivity contribution in [2.24, 2.45) is 0 Å². The summed E-state index contributed by atoms with van der Waals surface area (Å²) >= 11 is 5.22. The number of hydrogen-bond acceptors (Lipinski definition) is 3. The number of ether oxygens (including phenoxy) is 1. The average Bonchev–Trinajstić information content (AvgIpc) is 1.84. The highest BCUT2D eigenvalue weighted by atomic mass is 35.5. The molecule has 0 aromatic rings. The molecule has 0 fully saturated rings. The SMILES string of the molecule is CC(C)(C)OC(=O)CCCNCl. The molecule has 0 amide bonds. The van der Waals surface area contributed by atoms with Gasteiger partial charge >= 0.3 is 5.97 Å². The molecule has 0 aliphatic carbocycles. The van der Waals surface area contributed by atoms with Gasteiger partial charge in [0.25, 0.3) is 0 Å². The normalized spacial score (nSPS) is 11.3. The van der Waals surface area contributed by atoms with Gasteiger partial charge in [-0.1, -0.05) is 0 Å². The fraction of sp³-hybridized carbons (Fsp3) is 0.875. The largest absolute Gasteiger partial charge is 0.460 e. The first-order valence-corrected chi connectivity index (χ1v) is 4.39. The number of nitrogens with one attached hydrogen (secondary N) is 1. The molecule has 4 heteroatoms. The predicted octanol–water partition coefficient (Wildman–Crippen LogP) is 1.85. The van der Waals surface area contributed by atoms with Crippen molar-refractivity contribution in [3.05, 3.63) is 0 Å². The van der Waals surface area contributed by atoms with E-state index in [0.29, 0.717) is 19.4 Å². The van der Waals surface area contributed by atoms with Crippen molar-refractivity contribution in [1.82, 2.24) is 4.84 Å². The molecule has 0 atom stereocenters. The van der Waals surface area contributed by atoms with Crippen LogP contribution in [-0.4, -0.2) is 18.1 Å². The Balaban J connectivity index is 3.47. The Morgan fingerprint density at radius 3 is 2.50 bits per heavy atom. The number of esters is 1. The number of rotatable bonds is 4. The molecule has 0 aromatic heterocycles. The zero-order chi connectivity index (χ0) is 9.61. The van der Waals surface area contributed by atoms with Gasteiger partial charge in [0.2, 0.25) is 0 Å². The molecule has 0 rings (SSSR count). The molecular formula is C8H16ClNO2. The van der Waals surface area contributed by atoms with Gasteiger partial charge in [0.05, 0.1) is 0 Å². The molecule has 1 N–H and O–H groups in total. The van der Waals surface area contributed by atoms with Crippen LogP contribution in [0.2, 0.25) is 0 Å². The molecule has 0 spiro atoms. The Bertz CT molecular complexity index is 142. The maximum absolute atomic E-state index is 11.0. The first-order valence-electron chi connectivity index (χ1n) is 4.01. The molecule has 0 aliphatic rings. The molecule has 0 unspecified atom stereocenters. The minimum absolute atomic E-state index is 0.172. The van der Waals surface area contributed by atoms with Gasteiger partial charge < -0.3 is 4.74 Å². The molecule has 0 radical (unpaired) electrons.